The summed E-state index contributed by atoms with van der Waals surface area (Å²) in [6.07, 6.45) is 2.27. The Labute approximate surface area is 160 Å². The average Bonchev–Trinajstić information content (AvgIpc) is 3.10. The van der Waals surface area contributed by atoms with Crippen LogP contribution in [0.15, 0.2) is 6.20 Å². The van der Waals surface area contributed by atoms with E-state index in [1.54, 1.807) is 11.6 Å². The predicted molar refractivity (Wildman–Crippen MR) is 97.3 cm³/mol. The van der Waals surface area contributed by atoms with Crippen LogP contribution in [0, 0.1) is 0 Å². The molecular formula is C17H32N4O6. The van der Waals surface area contributed by atoms with Crippen LogP contribution in [-0.4, -0.2) is 86.8 Å². The third-order valence-corrected chi connectivity index (χ3v) is 3.28. The fourth-order valence-electron chi connectivity index (χ4n) is 1.91. The summed E-state index contributed by atoms with van der Waals surface area (Å²) in [7, 11) is 0. The summed E-state index contributed by atoms with van der Waals surface area (Å²) in [5, 5.41) is 8.06. The highest BCUT2D eigenvalue weighted by molar-refractivity contribution is 5.75. The van der Waals surface area contributed by atoms with Gasteiger partial charge in [-0.2, -0.15) is 0 Å². The van der Waals surface area contributed by atoms with Gasteiger partial charge in [-0.05, 0) is 6.92 Å². The number of Topliss-reactive ketones (excluding diaryl/α,β-unsaturated/α-hetero) is 1. The minimum Gasteiger partial charge on any atom is -0.379 e. The molecule has 0 amide bonds. The van der Waals surface area contributed by atoms with Crippen LogP contribution < -0.4 is 5.73 Å². The lowest BCUT2D eigenvalue weighted by Crippen LogP contribution is -2.13. The molecule has 10 heteroatoms. The number of hydrogen-bond donors (Lipinski definition) is 1. The first-order valence-electron chi connectivity index (χ1n) is 9.19. The number of nitrogens with zero attached hydrogens (tertiary/aromatic N) is 3. The molecular weight excluding hydrogens is 356 g/mol. The van der Waals surface area contributed by atoms with Crippen LogP contribution in [0.3, 0.4) is 0 Å². The third-order valence-electron chi connectivity index (χ3n) is 3.28. The van der Waals surface area contributed by atoms with Crippen molar-refractivity contribution in [3.63, 3.8) is 0 Å². The summed E-state index contributed by atoms with van der Waals surface area (Å²) < 4.78 is 28.5. The number of carbonyl (C=O) groups excluding carboxylic acids is 1. The van der Waals surface area contributed by atoms with Crippen molar-refractivity contribution in [2.45, 2.75) is 26.5 Å². The third kappa shape index (κ3) is 14.3. The molecule has 1 aromatic heterocycles. The van der Waals surface area contributed by atoms with Crippen LogP contribution in [0.1, 0.15) is 19.0 Å². The molecule has 10 nitrogen and oxygen atoms in total. The van der Waals surface area contributed by atoms with E-state index in [1.807, 2.05) is 6.20 Å². The Morgan fingerprint density at radius 2 is 1.52 bits per heavy atom. The zero-order valence-corrected chi connectivity index (χ0v) is 16.1. The second-order valence-corrected chi connectivity index (χ2v) is 5.72. The van der Waals surface area contributed by atoms with Crippen LogP contribution in [0.25, 0.3) is 0 Å². The van der Waals surface area contributed by atoms with Crippen molar-refractivity contribution in [2.75, 3.05) is 66.0 Å². The van der Waals surface area contributed by atoms with Gasteiger partial charge in [0.05, 0.1) is 78.8 Å². The zero-order valence-electron chi connectivity index (χ0n) is 16.1. The number of ketones is 1. The van der Waals surface area contributed by atoms with Crippen molar-refractivity contribution in [2.24, 2.45) is 5.73 Å². The van der Waals surface area contributed by atoms with Crippen molar-refractivity contribution >= 4 is 5.78 Å². The van der Waals surface area contributed by atoms with Gasteiger partial charge in [-0.25, -0.2) is 4.68 Å². The van der Waals surface area contributed by atoms with Gasteiger partial charge in [-0.15, -0.1) is 5.10 Å². The number of nitrogens with two attached hydrogens (primary N) is 1. The lowest BCUT2D eigenvalue weighted by Gasteiger charge is -2.05. The Hall–Kier alpha value is -1.43. The first-order valence-corrected chi connectivity index (χ1v) is 9.19. The van der Waals surface area contributed by atoms with E-state index in [0.29, 0.717) is 85.6 Å². The summed E-state index contributed by atoms with van der Waals surface area (Å²) in [5.41, 5.74) is 6.07. The van der Waals surface area contributed by atoms with Gasteiger partial charge in [0, 0.05) is 13.0 Å². The lowest BCUT2D eigenvalue weighted by molar-refractivity contribution is -0.118. The van der Waals surface area contributed by atoms with Crippen LogP contribution in [-0.2, 0) is 41.6 Å². The van der Waals surface area contributed by atoms with Crippen LogP contribution in [0.4, 0.5) is 0 Å². The van der Waals surface area contributed by atoms with Crippen molar-refractivity contribution in [3.05, 3.63) is 11.9 Å². The molecule has 0 fully saturated rings. The molecule has 0 aliphatic carbocycles. The molecule has 0 spiro atoms. The van der Waals surface area contributed by atoms with E-state index in [2.05, 4.69) is 10.3 Å². The van der Waals surface area contributed by atoms with E-state index in [0.717, 1.165) is 5.69 Å². The van der Waals surface area contributed by atoms with E-state index in [-0.39, 0.29) is 5.78 Å². The number of aromatic nitrogens is 3. The maximum absolute atomic E-state index is 10.7. The first kappa shape index (κ1) is 23.6. The smallest absolute Gasteiger partial charge is 0.132 e. The van der Waals surface area contributed by atoms with Gasteiger partial charge in [0.2, 0.25) is 0 Å². The largest absolute Gasteiger partial charge is 0.379 e. The number of carbonyl (C=O) groups is 1. The van der Waals surface area contributed by atoms with Gasteiger partial charge in [-0.3, -0.25) is 4.79 Å². The molecule has 1 rings (SSSR count). The maximum Gasteiger partial charge on any atom is 0.132 e. The topological polar surface area (TPSA) is 120 Å². The molecule has 1 heterocycles. The minimum absolute atomic E-state index is 0.127. The van der Waals surface area contributed by atoms with E-state index in [1.165, 1.54) is 0 Å². The van der Waals surface area contributed by atoms with Gasteiger partial charge in [0.25, 0.3) is 0 Å². The highest BCUT2D eigenvalue weighted by Gasteiger charge is 2.01. The predicted octanol–water partition coefficient (Wildman–Crippen LogP) is -0.201. The van der Waals surface area contributed by atoms with E-state index < -0.39 is 0 Å². The monoisotopic (exact) mass is 388 g/mol. The van der Waals surface area contributed by atoms with E-state index in [4.69, 9.17) is 29.4 Å². The van der Waals surface area contributed by atoms with Gasteiger partial charge >= 0.3 is 0 Å². The number of rotatable bonds is 19. The summed E-state index contributed by atoms with van der Waals surface area (Å²) in [5.74, 6) is 0.127. The zero-order chi connectivity index (χ0) is 19.6. The van der Waals surface area contributed by atoms with Gasteiger partial charge in [0.15, 0.2) is 0 Å². The average molecular weight is 388 g/mol. The Balaban J connectivity index is 1.92. The van der Waals surface area contributed by atoms with Crippen molar-refractivity contribution in [1.82, 2.24) is 15.0 Å². The molecule has 0 aliphatic rings. The number of ether oxygens (including phenoxy) is 5. The Morgan fingerprint density at radius 3 is 2.19 bits per heavy atom. The SMILES string of the molecule is CC(=O)CCOCCOCCn1cc(COCCOCCOCCN)nn1. The van der Waals surface area contributed by atoms with E-state index in [9.17, 15) is 4.79 Å². The van der Waals surface area contributed by atoms with E-state index >= 15 is 0 Å². The minimum atomic E-state index is 0.127. The van der Waals surface area contributed by atoms with Crippen molar-refractivity contribution in [3.8, 4) is 0 Å². The second kappa shape index (κ2) is 16.7. The standard InChI is InChI=1S/C17H32N4O6/c1-16(22)2-5-23-8-10-25-7-4-21-14-17(19-20-21)15-27-13-12-26-11-9-24-6-3-18/h14H,2-13,15,18H2,1H3. The summed E-state index contributed by atoms with van der Waals surface area (Å²) in [6, 6.07) is 0. The van der Waals surface area contributed by atoms with Crippen molar-refractivity contribution in [1.29, 1.82) is 0 Å². The van der Waals surface area contributed by atoms with Crippen LogP contribution in [0.2, 0.25) is 0 Å². The summed E-state index contributed by atoms with van der Waals surface area (Å²) in [6.45, 7) is 7.58. The van der Waals surface area contributed by atoms with Gasteiger partial charge < -0.3 is 29.4 Å². The highest BCUT2D eigenvalue weighted by Crippen LogP contribution is 1.96. The summed E-state index contributed by atoms with van der Waals surface area (Å²) in [4.78, 5) is 10.7. The Kier molecular flexibility index (Phi) is 14.6. The summed E-state index contributed by atoms with van der Waals surface area (Å²) >= 11 is 0. The molecule has 1 aromatic rings. The Bertz CT molecular complexity index is 486. The molecule has 0 aromatic carbocycles. The van der Waals surface area contributed by atoms with Gasteiger partial charge in [0.1, 0.15) is 11.5 Å². The number of hydrogen-bond acceptors (Lipinski definition) is 9. The molecule has 0 saturated carbocycles. The molecule has 0 saturated heterocycles. The normalized spacial score (nSPS) is 11.2. The second-order valence-electron chi connectivity index (χ2n) is 5.72. The molecule has 27 heavy (non-hydrogen) atoms. The Morgan fingerprint density at radius 1 is 0.926 bits per heavy atom. The molecule has 0 bridgehead atoms. The highest BCUT2D eigenvalue weighted by atomic mass is 16.5. The molecule has 0 aliphatic heterocycles. The molecule has 0 unspecified atom stereocenters. The molecule has 0 radical (unpaired) electrons. The molecule has 2 N–H and O–H groups in total. The van der Waals surface area contributed by atoms with Crippen molar-refractivity contribution < 1.29 is 28.5 Å². The van der Waals surface area contributed by atoms with Crippen LogP contribution in [0.5, 0.6) is 0 Å². The maximum atomic E-state index is 10.7. The lowest BCUT2D eigenvalue weighted by atomic mass is 10.3. The van der Waals surface area contributed by atoms with Crippen LogP contribution >= 0.6 is 0 Å². The fraction of sp³-hybridized carbons (Fsp3) is 0.824. The molecule has 0 atom stereocenters. The fourth-order valence-corrected chi connectivity index (χ4v) is 1.91. The molecule has 156 valence electrons. The first-order chi connectivity index (χ1) is 13.2. The quantitative estimate of drug-likeness (QED) is 0.321. The van der Waals surface area contributed by atoms with Gasteiger partial charge in [-0.1, -0.05) is 5.21 Å².